The van der Waals surface area contributed by atoms with E-state index >= 15 is 0 Å². The molecule has 14 heteroatoms. The van der Waals surface area contributed by atoms with Gasteiger partial charge in [-0.1, -0.05) is 32.4 Å². The average molecular weight is 641 g/mol. The number of benzene rings is 1. The number of carbonyl (C=O) groups is 1. The summed E-state index contributed by atoms with van der Waals surface area (Å²) in [6.07, 6.45) is 5.42. The first-order chi connectivity index (χ1) is 21.3. The monoisotopic (exact) mass is 640 g/mol. The summed E-state index contributed by atoms with van der Waals surface area (Å²) in [7, 11) is -2.05. The van der Waals surface area contributed by atoms with E-state index < -0.39 is 28.1 Å². The average Bonchev–Trinajstić information content (AvgIpc) is 3.23. The summed E-state index contributed by atoms with van der Waals surface area (Å²) in [5, 5.41) is 13.1. The summed E-state index contributed by atoms with van der Waals surface area (Å²) in [4.78, 5) is 40.5. The molecule has 4 rings (SSSR count). The van der Waals surface area contributed by atoms with Crippen molar-refractivity contribution in [1.82, 2.24) is 24.1 Å². The van der Waals surface area contributed by atoms with Crippen LogP contribution in [0.1, 0.15) is 53.5 Å². The molecule has 4 aromatic rings. The summed E-state index contributed by atoms with van der Waals surface area (Å²) in [5.74, 6) is -0.688. The summed E-state index contributed by atoms with van der Waals surface area (Å²) < 4.78 is 29.6. The Morgan fingerprint density at radius 2 is 1.67 bits per heavy atom. The highest BCUT2D eigenvalue weighted by atomic mass is 32.2. The maximum absolute atomic E-state index is 12.9. The van der Waals surface area contributed by atoms with Crippen LogP contribution in [-0.2, 0) is 28.3 Å². The van der Waals surface area contributed by atoms with E-state index in [1.807, 2.05) is 24.8 Å². The van der Waals surface area contributed by atoms with Crippen molar-refractivity contribution in [3.05, 3.63) is 64.8 Å². The third-order valence-electron chi connectivity index (χ3n) is 6.93. The minimum absolute atomic E-state index is 0.0584. The second kappa shape index (κ2) is 15.0. The number of carboxylic acids is 1. The van der Waals surface area contributed by atoms with Gasteiger partial charge in [0.15, 0.2) is 11.5 Å². The van der Waals surface area contributed by atoms with Gasteiger partial charge in [-0.25, -0.2) is 32.5 Å². The third kappa shape index (κ3) is 7.98. The summed E-state index contributed by atoms with van der Waals surface area (Å²) in [6.45, 7) is 12.8. The van der Waals surface area contributed by atoms with Gasteiger partial charge in [0, 0.05) is 38.8 Å². The topological polar surface area (TPSA) is 156 Å². The third-order valence-corrected chi connectivity index (χ3v) is 8.26. The maximum Gasteiger partial charge on any atom is 0.334 e. The second-order valence-corrected chi connectivity index (χ2v) is 12.7. The van der Waals surface area contributed by atoms with Crippen molar-refractivity contribution in [3.63, 3.8) is 0 Å². The Morgan fingerprint density at radius 1 is 1.04 bits per heavy atom. The standard InChI is InChI=1S/C28H36N8O5S.C3H8/c1-7-34(8-2)27-30-17-23(36(18(3)4)42(6,40)41)24(32-27)31-21(26(37)38)16-19-11-13-20(14-12-19)35-25-22(10-9-15-29-25)33(5)28(35)39;1-3-2/h9-15,17-18,21H,7-8,16H2,1-6H3,(H,37,38)(H,30,31,32);3H2,1-2H3/t21-;/m0./s1. The molecule has 0 bridgehead atoms. The Hall–Kier alpha value is -4.46. The van der Waals surface area contributed by atoms with Gasteiger partial charge in [0.25, 0.3) is 0 Å². The highest BCUT2D eigenvalue weighted by molar-refractivity contribution is 7.92. The van der Waals surface area contributed by atoms with Crippen LogP contribution >= 0.6 is 0 Å². The number of aliphatic carboxylic acids is 1. The lowest BCUT2D eigenvalue weighted by atomic mass is 10.1. The van der Waals surface area contributed by atoms with Crippen LogP contribution in [0, 0.1) is 0 Å². The molecule has 0 radical (unpaired) electrons. The highest BCUT2D eigenvalue weighted by Gasteiger charge is 2.28. The Kier molecular flexibility index (Phi) is 11.7. The van der Waals surface area contributed by atoms with Gasteiger partial charge >= 0.3 is 11.7 Å². The van der Waals surface area contributed by atoms with E-state index in [1.165, 1.54) is 26.1 Å². The van der Waals surface area contributed by atoms with Crippen LogP contribution in [0.4, 0.5) is 17.5 Å². The number of pyridine rings is 1. The smallest absolute Gasteiger partial charge is 0.334 e. The second-order valence-electron chi connectivity index (χ2n) is 10.9. The van der Waals surface area contributed by atoms with Gasteiger partial charge in [0.05, 0.1) is 23.7 Å². The number of nitrogens with zero attached hydrogens (tertiary/aromatic N) is 7. The number of anilines is 3. The van der Waals surface area contributed by atoms with E-state index in [2.05, 4.69) is 34.1 Å². The normalized spacial score (nSPS) is 12.0. The van der Waals surface area contributed by atoms with Crippen LogP contribution < -0.4 is 20.2 Å². The molecule has 0 saturated heterocycles. The van der Waals surface area contributed by atoms with Gasteiger partial charge in [-0.15, -0.1) is 0 Å². The van der Waals surface area contributed by atoms with Gasteiger partial charge in [-0.3, -0.25) is 8.87 Å². The molecule has 45 heavy (non-hydrogen) atoms. The number of rotatable bonds is 12. The number of fused-ring (bicyclic) bond motifs is 1. The van der Waals surface area contributed by atoms with Crippen molar-refractivity contribution in [2.75, 3.05) is 33.9 Å². The predicted octanol–water partition coefficient (Wildman–Crippen LogP) is 4.06. The Balaban J connectivity index is 0.00000177. The van der Waals surface area contributed by atoms with Crippen LogP contribution in [0.5, 0.6) is 0 Å². The largest absolute Gasteiger partial charge is 0.480 e. The molecule has 0 aliphatic rings. The number of aromatic nitrogens is 5. The first-order valence-corrected chi connectivity index (χ1v) is 16.9. The number of carboxylic acid groups (broad SMARTS) is 1. The SMILES string of the molecule is CCC.CCN(CC)c1ncc(N(C(C)C)S(C)(=O)=O)c(N[C@@H](Cc2ccc(-n3c(=O)n(C)c4cccnc43)cc2)C(=O)O)n1. The van der Waals surface area contributed by atoms with Gasteiger partial charge in [-0.2, -0.15) is 4.98 Å². The first-order valence-electron chi connectivity index (χ1n) is 15.0. The van der Waals surface area contributed by atoms with Crippen LogP contribution in [0.2, 0.25) is 0 Å². The van der Waals surface area contributed by atoms with E-state index in [4.69, 9.17) is 0 Å². The molecule has 0 unspecified atom stereocenters. The molecule has 13 nitrogen and oxygen atoms in total. The van der Waals surface area contributed by atoms with Gasteiger partial charge in [-0.05, 0) is 57.5 Å². The zero-order valence-electron chi connectivity index (χ0n) is 27.2. The highest BCUT2D eigenvalue weighted by Crippen LogP contribution is 2.30. The molecule has 0 aliphatic carbocycles. The Bertz CT molecular complexity index is 1760. The van der Waals surface area contributed by atoms with Crippen LogP contribution in [0.15, 0.2) is 53.6 Å². The number of sulfonamides is 1. The van der Waals surface area contributed by atoms with Crippen LogP contribution in [0.25, 0.3) is 16.9 Å². The predicted molar refractivity (Wildman–Crippen MR) is 179 cm³/mol. The molecule has 2 N–H and O–H groups in total. The van der Waals surface area contributed by atoms with Crippen molar-refractivity contribution in [3.8, 4) is 5.69 Å². The van der Waals surface area contributed by atoms with Crippen molar-refractivity contribution >= 4 is 44.6 Å². The van der Waals surface area contributed by atoms with Gasteiger partial charge in [0.1, 0.15) is 11.7 Å². The Labute approximate surface area is 264 Å². The van der Waals surface area contributed by atoms with Crippen LogP contribution in [0.3, 0.4) is 0 Å². The molecule has 244 valence electrons. The fourth-order valence-corrected chi connectivity index (χ4v) is 6.17. The molecule has 0 spiro atoms. The number of nitrogens with one attached hydrogen (secondary N) is 1. The maximum atomic E-state index is 12.9. The lowest BCUT2D eigenvalue weighted by Crippen LogP contribution is -2.39. The molecule has 1 aromatic carbocycles. The van der Waals surface area contributed by atoms with E-state index in [9.17, 15) is 23.1 Å². The van der Waals surface area contributed by atoms with Crippen molar-refractivity contribution in [1.29, 1.82) is 0 Å². The number of imidazole rings is 1. The molecule has 0 amide bonds. The molecule has 3 aromatic heterocycles. The lowest BCUT2D eigenvalue weighted by molar-refractivity contribution is -0.137. The van der Waals surface area contributed by atoms with Crippen LogP contribution in [-0.4, -0.2) is 75.0 Å². The molecule has 0 aliphatic heterocycles. The summed E-state index contributed by atoms with van der Waals surface area (Å²) in [6, 6.07) is 8.94. The first kappa shape index (κ1) is 35.0. The summed E-state index contributed by atoms with van der Waals surface area (Å²) in [5.41, 5.74) is 2.40. The number of hydrogen-bond donors (Lipinski definition) is 2. The fraction of sp³-hybridized carbons (Fsp3) is 0.452. The van der Waals surface area contributed by atoms with Crippen molar-refractivity contribution < 1.29 is 18.3 Å². The van der Waals surface area contributed by atoms with E-state index in [0.29, 0.717) is 41.5 Å². The Morgan fingerprint density at radius 3 is 2.20 bits per heavy atom. The van der Waals surface area contributed by atoms with Crippen molar-refractivity contribution in [2.45, 2.75) is 66.5 Å². The minimum Gasteiger partial charge on any atom is -0.480 e. The molecule has 3 heterocycles. The lowest BCUT2D eigenvalue weighted by Gasteiger charge is -2.29. The van der Waals surface area contributed by atoms with Gasteiger partial charge in [0.2, 0.25) is 16.0 Å². The quantitative estimate of drug-likeness (QED) is 0.232. The van der Waals surface area contributed by atoms with E-state index in [0.717, 1.165) is 6.26 Å². The molecular weight excluding hydrogens is 596 g/mol. The molecule has 0 saturated carbocycles. The van der Waals surface area contributed by atoms with Crippen molar-refractivity contribution in [2.24, 2.45) is 7.05 Å². The molecule has 0 fully saturated rings. The fourth-order valence-electron chi connectivity index (χ4n) is 4.91. The summed E-state index contributed by atoms with van der Waals surface area (Å²) >= 11 is 0. The van der Waals surface area contributed by atoms with Gasteiger partial charge < -0.3 is 15.3 Å². The zero-order chi connectivity index (χ0) is 33.5. The minimum atomic E-state index is -3.73. The van der Waals surface area contributed by atoms with E-state index in [1.54, 1.807) is 57.4 Å². The zero-order valence-corrected chi connectivity index (χ0v) is 28.0. The number of aryl methyl sites for hydroxylation is 1. The van der Waals surface area contributed by atoms with E-state index in [-0.39, 0.29) is 23.6 Å². The molecule has 1 atom stereocenters. The number of hydrogen-bond acceptors (Lipinski definition) is 9. The molecular formula is C31H44N8O5S.